The van der Waals surface area contributed by atoms with E-state index in [0.717, 1.165) is 12.1 Å². The molecule has 0 fully saturated rings. The average Bonchev–Trinajstić information content (AvgIpc) is 2.52. The van der Waals surface area contributed by atoms with Gasteiger partial charge < -0.3 is 9.64 Å². The van der Waals surface area contributed by atoms with Crippen LogP contribution in [0.1, 0.15) is 10.4 Å². The monoisotopic (exact) mass is 343 g/mol. The number of amides is 1. The second kappa shape index (κ2) is 7.37. The third-order valence-electron chi connectivity index (χ3n) is 3.11. The van der Waals surface area contributed by atoms with E-state index >= 15 is 0 Å². The van der Waals surface area contributed by atoms with Crippen LogP contribution in [-0.4, -0.2) is 31.0 Å². The first-order valence-electron chi connectivity index (χ1n) is 6.67. The van der Waals surface area contributed by atoms with Crippen molar-refractivity contribution in [2.45, 2.75) is 0 Å². The Balaban J connectivity index is 1.98. The lowest BCUT2D eigenvalue weighted by Gasteiger charge is -2.18. The van der Waals surface area contributed by atoms with Crippen LogP contribution in [0.5, 0.6) is 5.75 Å². The van der Waals surface area contributed by atoms with Crippen molar-refractivity contribution in [3.8, 4) is 5.75 Å². The molecule has 0 spiro atoms. The van der Waals surface area contributed by atoms with E-state index in [4.69, 9.17) is 16.3 Å². The summed E-state index contributed by atoms with van der Waals surface area (Å²) in [5.74, 6) is -3.32. The van der Waals surface area contributed by atoms with Gasteiger partial charge in [-0.05, 0) is 24.3 Å². The Labute approximate surface area is 136 Å². The molecular formula is C16H13ClF3NO2. The zero-order valence-electron chi connectivity index (χ0n) is 12.2. The first-order chi connectivity index (χ1) is 10.9. The molecule has 0 bridgehead atoms. The summed E-state index contributed by atoms with van der Waals surface area (Å²) in [6.07, 6.45) is 0. The minimum Gasteiger partial charge on any atom is -0.489 e. The molecule has 2 aromatic carbocycles. The number of hydrogen-bond donors (Lipinski definition) is 0. The SMILES string of the molecule is CN(CCOc1ccccc1F)C(=O)c1cc(F)c(F)cc1Cl. The summed E-state index contributed by atoms with van der Waals surface area (Å²) in [6, 6.07) is 7.36. The molecule has 0 N–H and O–H groups in total. The van der Waals surface area contributed by atoms with Crippen LogP contribution in [0.3, 0.4) is 0 Å². The van der Waals surface area contributed by atoms with E-state index in [1.807, 2.05) is 0 Å². The van der Waals surface area contributed by atoms with Gasteiger partial charge in [0.2, 0.25) is 0 Å². The van der Waals surface area contributed by atoms with Crippen molar-refractivity contribution in [1.82, 2.24) is 4.90 Å². The fourth-order valence-electron chi connectivity index (χ4n) is 1.85. The molecule has 3 nitrogen and oxygen atoms in total. The van der Waals surface area contributed by atoms with Gasteiger partial charge in [-0.3, -0.25) is 4.79 Å². The molecule has 0 unspecified atom stereocenters. The number of likely N-dealkylation sites (N-methyl/N-ethyl adjacent to an activating group) is 1. The number of carbonyl (C=O) groups is 1. The Bertz CT molecular complexity index is 724. The van der Waals surface area contributed by atoms with Crippen LogP contribution < -0.4 is 4.74 Å². The summed E-state index contributed by atoms with van der Waals surface area (Å²) < 4.78 is 44.8. The van der Waals surface area contributed by atoms with Crippen molar-refractivity contribution >= 4 is 17.5 Å². The summed E-state index contributed by atoms with van der Waals surface area (Å²) >= 11 is 5.76. The molecule has 0 aliphatic carbocycles. The van der Waals surface area contributed by atoms with Gasteiger partial charge in [-0.15, -0.1) is 0 Å². The topological polar surface area (TPSA) is 29.5 Å². The fourth-order valence-corrected chi connectivity index (χ4v) is 2.08. The minimum absolute atomic E-state index is 0.0322. The van der Waals surface area contributed by atoms with E-state index < -0.39 is 23.4 Å². The Hall–Kier alpha value is -2.21. The van der Waals surface area contributed by atoms with Crippen molar-refractivity contribution < 1.29 is 22.7 Å². The highest BCUT2D eigenvalue weighted by Crippen LogP contribution is 2.21. The summed E-state index contributed by atoms with van der Waals surface area (Å²) in [7, 11) is 1.45. The third kappa shape index (κ3) is 4.16. The maximum atomic E-state index is 13.4. The lowest BCUT2D eigenvalue weighted by Crippen LogP contribution is -2.31. The molecule has 0 saturated heterocycles. The molecule has 23 heavy (non-hydrogen) atoms. The molecule has 1 amide bonds. The highest BCUT2D eigenvalue weighted by molar-refractivity contribution is 6.33. The predicted molar refractivity (Wildman–Crippen MR) is 80.2 cm³/mol. The van der Waals surface area contributed by atoms with Crippen molar-refractivity contribution in [2.24, 2.45) is 0 Å². The van der Waals surface area contributed by atoms with Crippen LogP contribution in [-0.2, 0) is 0 Å². The average molecular weight is 344 g/mol. The zero-order valence-corrected chi connectivity index (χ0v) is 12.9. The van der Waals surface area contributed by atoms with Crippen LogP contribution in [0.25, 0.3) is 0 Å². The lowest BCUT2D eigenvalue weighted by molar-refractivity contribution is 0.0772. The molecule has 0 saturated carbocycles. The van der Waals surface area contributed by atoms with Crippen LogP contribution in [0.2, 0.25) is 5.02 Å². The summed E-state index contributed by atoms with van der Waals surface area (Å²) in [5.41, 5.74) is -0.154. The molecule has 0 atom stereocenters. The third-order valence-corrected chi connectivity index (χ3v) is 3.42. The Morgan fingerprint density at radius 3 is 2.48 bits per heavy atom. The maximum absolute atomic E-state index is 13.4. The quantitative estimate of drug-likeness (QED) is 0.770. The smallest absolute Gasteiger partial charge is 0.255 e. The van der Waals surface area contributed by atoms with Crippen LogP contribution in [0.15, 0.2) is 36.4 Å². The van der Waals surface area contributed by atoms with Crippen molar-refractivity contribution in [2.75, 3.05) is 20.2 Å². The molecule has 2 rings (SSSR count). The van der Waals surface area contributed by atoms with Gasteiger partial charge in [0.25, 0.3) is 5.91 Å². The normalized spacial score (nSPS) is 10.5. The van der Waals surface area contributed by atoms with E-state index in [0.29, 0.717) is 0 Å². The standard InChI is InChI=1S/C16H13ClF3NO2/c1-21(6-7-23-15-5-3-2-4-12(15)18)16(22)10-8-13(19)14(20)9-11(10)17/h2-5,8-9H,6-7H2,1H3. The van der Waals surface area contributed by atoms with Crippen molar-refractivity contribution in [3.63, 3.8) is 0 Å². The van der Waals surface area contributed by atoms with Gasteiger partial charge in [-0.1, -0.05) is 23.7 Å². The second-order valence-corrected chi connectivity index (χ2v) is 5.16. The molecule has 2 aromatic rings. The van der Waals surface area contributed by atoms with Crippen molar-refractivity contribution in [1.29, 1.82) is 0 Å². The first-order valence-corrected chi connectivity index (χ1v) is 7.05. The number of nitrogens with zero attached hydrogens (tertiary/aromatic N) is 1. The lowest BCUT2D eigenvalue weighted by atomic mass is 10.2. The highest BCUT2D eigenvalue weighted by Gasteiger charge is 2.18. The first kappa shape index (κ1) is 17.1. The van der Waals surface area contributed by atoms with Crippen LogP contribution >= 0.6 is 11.6 Å². The van der Waals surface area contributed by atoms with Gasteiger partial charge in [-0.25, -0.2) is 13.2 Å². The molecule has 0 aliphatic heterocycles. The van der Waals surface area contributed by atoms with Gasteiger partial charge >= 0.3 is 0 Å². The molecule has 7 heteroatoms. The van der Waals surface area contributed by atoms with E-state index in [1.54, 1.807) is 6.07 Å². The number of rotatable bonds is 5. The van der Waals surface area contributed by atoms with Gasteiger partial charge in [0.15, 0.2) is 23.2 Å². The molecular weight excluding hydrogens is 331 g/mol. The summed E-state index contributed by atoms with van der Waals surface area (Å²) in [4.78, 5) is 13.4. The number of benzene rings is 2. The van der Waals surface area contributed by atoms with Gasteiger partial charge in [0, 0.05) is 7.05 Å². The highest BCUT2D eigenvalue weighted by atomic mass is 35.5. The molecule has 0 heterocycles. The molecule has 0 radical (unpaired) electrons. The number of hydrogen-bond acceptors (Lipinski definition) is 2. The summed E-state index contributed by atoms with van der Waals surface area (Å²) in [6.45, 7) is 0.146. The zero-order chi connectivity index (χ0) is 17.0. The van der Waals surface area contributed by atoms with Crippen molar-refractivity contribution in [3.05, 3.63) is 64.4 Å². The van der Waals surface area contributed by atoms with Crippen LogP contribution in [0, 0.1) is 17.5 Å². The number of ether oxygens (including phenoxy) is 1. The minimum atomic E-state index is -1.16. The molecule has 0 aliphatic rings. The number of carbonyl (C=O) groups excluding carboxylic acids is 1. The fraction of sp³-hybridized carbons (Fsp3) is 0.188. The largest absolute Gasteiger partial charge is 0.489 e. The summed E-state index contributed by atoms with van der Waals surface area (Å²) in [5, 5.41) is -0.184. The van der Waals surface area contributed by atoms with Gasteiger partial charge in [0.1, 0.15) is 6.61 Å². The molecule has 0 aromatic heterocycles. The number of para-hydroxylation sites is 1. The van der Waals surface area contributed by atoms with Crippen LogP contribution in [0.4, 0.5) is 13.2 Å². The van der Waals surface area contributed by atoms with E-state index in [-0.39, 0.29) is 29.5 Å². The van der Waals surface area contributed by atoms with Gasteiger partial charge in [-0.2, -0.15) is 0 Å². The maximum Gasteiger partial charge on any atom is 0.255 e. The Morgan fingerprint density at radius 1 is 1.13 bits per heavy atom. The van der Waals surface area contributed by atoms with Gasteiger partial charge in [0.05, 0.1) is 17.1 Å². The van der Waals surface area contributed by atoms with E-state index in [1.165, 1.54) is 30.1 Å². The molecule has 122 valence electrons. The predicted octanol–water partition coefficient (Wildman–Crippen LogP) is 3.91. The Kier molecular flexibility index (Phi) is 5.50. The van der Waals surface area contributed by atoms with E-state index in [9.17, 15) is 18.0 Å². The second-order valence-electron chi connectivity index (χ2n) is 4.75. The van der Waals surface area contributed by atoms with E-state index in [2.05, 4.69) is 0 Å². The number of halogens is 4. The Morgan fingerprint density at radius 2 is 1.78 bits per heavy atom.